The van der Waals surface area contributed by atoms with E-state index in [1.165, 1.54) is 12.2 Å². The predicted octanol–water partition coefficient (Wildman–Crippen LogP) is -1.35. The van der Waals surface area contributed by atoms with Crippen LogP contribution in [-0.2, 0) is 28.7 Å². The molecule has 1 heterocycles. The number of amides is 3. The lowest BCUT2D eigenvalue weighted by molar-refractivity contribution is -0.137. The normalized spacial score (nSPS) is 13.8. The van der Waals surface area contributed by atoms with Crippen LogP contribution in [-0.4, -0.2) is 68.4 Å². The molecule has 0 fully saturated rings. The summed E-state index contributed by atoms with van der Waals surface area (Å²) in [7, 11) is 0. The van der Waals surface area contributed by atoms with Crippen molar-refractivity contribution in [3.63, 3.8) is 0 Å². The second-order valence-corrected chi connectivity index (χ2v) is 4.12. The van der Waals surface area contributed by atoms with E-state index in [0.717, 1.165) is 4.90 Å². The van der Waals surface area contributed by atoms with Gasteiger partial charge >= 0.3 is 0 Å². The second kappa shape index (κ2) is 9.78. The number of rotatable bonds is 11. The van der Waals surface area contributed by atoms with Gasteiger partial charge in [-0.05, 0) is 0 Å². The molecule has 0 spiro atoms. The van der Waals surface area contributed by atoms with Gasteiger partial charge in [-0.1, -0.05) is 0 Å². The van der Waals surface area contributed by atoms with Gasteiger partial charge in [0.05, 0.1) is 19.8 Å². The Kier molecular flexibility index (Phi) is 7.92. The summed E-state index contributed by atoms with van der Waals surface area (Å²) in [5.41, 5.74) is 0. The van der Waals surface area contributed by atoms with Crippen molar-refractivity contribution in [2.24, 2.45) is 0 Å². The summed E-state index contributed by atoms with van der Waals surface area (Å²) in [6.45, 7) is 1.41. The van der Waals surface area contributed by atoms with Crippen LogP contribution in [0.2, 0.25) is 0 Å². The van der Waals surface area contributed by atoms with Crippen molar-refractivity contribution in [1.82, 2.24) is 10.2 Å². The molecule has 0 aromatic carbocycles. The molecular formula is C13H18N2O6. The number of hydrogen-bond donors (Lipinski definition) is 1. The number of aldehydes is 1. The fourth-order valence-electron chi connectivity index (χ4n) is 1.57. The van der Waals surface area contributed by atoms with Gasteiger partial charge in [-0.25, -0.2) is 0 Å². The van der Waals surface area contributed by atoms with Gasteiger partial charge in [0.15, 0.2) is 0 Å². The van der Waals surface area contributed by atoms with E-state index in [-0.39, 0.29) is 25.5 Å². The Morgan fingerprint density at radius 2 is 1.81 bits per heavy atom. The molecule has 0 radical (unpaired) electrons. The number of nitrogens with zero attached hydrogens (tertiary/aromatic N) is 1. The molecule has 1 aliphatic heterocycles. The molecule has 0 unspecified atom stereocenters. The maximum absolute atomic E-state index is 11.5. The van der Waals surface area contributed by atoms with Crippen LogP contribution >= 0.6 is 0 Å². The first-order valence-corrected chi connectivity index (χ1v) is 6.54. The van der Waals surface area contributed by atoms with Crippen LogP contribution in [0.15, 0.2) is 12.2 Å². The lowest BCUT2D eigenvalue weighted by Crippen LogP contribution is -2.35. The van der Waals surface area contributed by atoms with Crippen LogP contribution in [0.5, 0.6) is 0 Å². The number of carbonyl (C=O) groups excluding carboxylic acids is 4. The van der Waals surface area contributed by atoms with Crippen LogP contribution in [0.4, 0.5) is 0 Å². The molecule has 3 amide bonds. The van der Waals surface area contributed by atoms with Crippen molar-refractivity contribution < 1.29 is 28.7 Å². The van der Waals surface area contributed by atoms with E-state index in [2.05, 4.69) is 5.32 Å². The first-order chi connectivity index (χ1) is 10.1. The highest BCUT2D eigenvalue weighted by atomic mass is 16.5. The summed E-state index contributed by atoms with van der Waals surface area (Å²) in [5, 5.41) is 2.61. The zero-order chi connectivity index (χ0) is 15.5. The van der Waals surface area contributed by atoms with Gasteiger partial charge in [0.2, 0.25) is 5.91 Å². The molecule has 8 nitrogen and oxygen atoms in total. The highest BCUT2D eigenvalue weighted by Gasteiger charge is 2.23. The van der Waals surface area contributed by atoms with Gasteiger partial charge < -0.3 is 19.6 Å². The largest absolute Gasteiger partial charge is 0.377 e. The van der Waals surface area contributed by atoms with E-state index in [9.17, 15) is 19.2 Å². The van der Waals surface area contributed by atoms with Crippen LogP contribution in [0.1, 0.15) is 6.42 Å². The summed E-state index contributed by atoms with van der Waals surface area (Å²) in [4.78, 5) is 44.9. The molecule has 0 aromatic heterocycles. The number of imide groups is 1. The Morgan fingerprint density at radius 3 is 2.48 bits per heavy atom. The van der Waals surface area contributed by atoms with Gasteiger partial charge in [-0.3, -0.25) is 19.3 Å². The average molecular weight is 298 g/mol. The third kappa shape index (κ3) is 6.77. The van der Waals surface area contributed by atoms with Gasteiger partial charge in [-0.2, -0.15) is 0 Å². The van der Waals surface area contributed by atoms with E-state index in [1.807, 2.05) is 0 Å². The third-order valence-electron chi connectivity index (χ3n) is 2.59. The topological polar surface area (TPSA) is 102 Å². The Balaban J connectivity index is 1.98. The third-order valence-corrected chi connectivity index (χ3v) is 2.59. The van der Waals surface area contributed by atoms with Crippen LogP contribution in [0.25, 0.3) is 0 Å². The lowest BCUT2D eigenvalue weighted by Gasteiger charge is -2.13. The second-order valence-electron chi connectivity index (χ2n) is 4.12. The number of hydrogen-bond acceptors (Lipinski definition) is 6. The van der Waals surface area contributed by atoms with Crippen LogP contribution < -0.4 is 5.32 Å². The monoisotopic (exact) mass is 298 g/mol. The van der Waals surface area contributed by atoms with Crippen LogP contribution in [0.3, 0.4) is 0 Å². The molecule has 0 saturated carbocycles. The first-order valence-electron chi connectivity index (χ1n) is 6.54. The predicted molar refractivity (Wildman–Crippen MR) is 71.2 cm³/mol. The molecule has 0 aromatic rings. The fraction of sp³-hybridized carbons (Fsp3) is 0.538. The first kappa shape index (κ1) is 17.0. The van der Waals surface area contributed by atoms with E-state index in [4.69, 9.17) is 9.47 Å². The molecule has 0 atom stereocenters. The van der Waals surface area contributed by atoms with Crippen molar-refractivity contribution in [1.29, 1.82) is 0 Å². The highest BCUT2D eigenvalue weighted by molar-refractivity contribution is 6.13. The summed E-state index contributed by atoms with van der Waals surface area (Å²) in [6, 6.07) is 0. The molecule has 21 heavy (non-hydrogen) atoms. The van der Waals surface area contributed by atoms with Crippen molar-refractivity contribution in [3.8, 4) is 0 Å². The van der Waals surface area contributed by atoms with Crippen LogP contribution in [0, 0.1) is 0 Å². The maximum atomic E-state index is 11.5. The minimum atomic E-state index is -0.397. The van der Waals surface area contributed by atoms with E-state index < -0.39 is 11.8 Å². The quantitative estimate of drug-likeness (QED) is 0.287. The molecule has 1 aliphatic rings. The smallest absolute Gasteiger partial charge is 0.253 e. The summed E-state index contributed by atoms with van der Waals surface area (Å²) in [6.07, 6.45) is 3.08. The summed E-state index contributed by atoms with van der Waals surface area (Å²) >= 11 is 0. The minimum Gasteiger partial charge on any atom is -0.377 e. The van der Waals surface area contributed by atoms with Crippen molar-refractivity contribution in [2.75, 3.05) is 39.5 Å². The fourth-order valence-corrected chi connectivity index (χ4v) is 1.57. The standard InChI is InChI=1S/C13H18N2O6/c16-6-8-21-10-9-20-7-4-14-11(17)3-5-15-12(18)1-2-13(15)19/h1-2,6H,3-5,7-10H2,(H,14,17). The Hall–Kier alpha value is -2.06. The van der Waals surface area contributed by atoms with Gasteiger partial charge in [0, 0.05) is 31.7 Å². The van der Waals surface area contributed by atoms with E-state index in [0.29, 0.717) is 32.7 Å². The minimum absolute atomic E-state index is 0.0445. The van der Waals surface area contributed by atoms with E-state index in [1.54, 1.807) is 0 Å². The zero-order valence-electron chi connectivity index (χ0n) is 11.6. The molecule has 0 aliphatic carbocycles. The van der Waals surface area contributed by atoms with Crippen molar-refractivity contribution in [3.05, 3.63) is 12.2 Å². The van der Waals surface area contributed by atoms with Crippen molar-refractivity contribution in [2.45, 2.75) is 6.42 Å². The van der Waals surface area contributed by atoms with Crippen molar-refractivity contribution >= 4 is 24.0 Å². The highest BCUT2D eigenvalue weighted by Crippen LogP contribution is 2.03. The summed E-state index contributed by atoms with van der Waals surface area (Å²) < 4.78 is 10.0. The van der Waals surface area contributed by atoms with Gasteiger partial charge in [0.1, 0.15) is 12.9 Å². The number of nitrogens with one attached hydrogen (secondary N) is 1. The Bertz CT molecular complexity index is 403. The van der Waals surface area contributed by atoms with E-state index >= 15 is 0 Å². The Morgan fingerprint density at radius 1 is 1.14 bits per heavy atom. The average Bonchev–Trinajstić information content (AvgIpc) is 2.78. The number of ether oxygens (including phenoxy) is 2. The van der Waals surface area contributed by atoms with Gasteiger partial charge in [-0.15, -0.1) is 0 Å². The molecular weight excluding hydrogens is 280 g/mol. The van der Waals surface area contributed by atoms with Gasteiger partial charge in [0.25, 0.3) is 11.8 Å². The zero-order valence-corrected chi connectivity index (χ0v) is 11.6. The molecule has 0 bridgehead atoms. The number of carbonyl (C=O) groups is 4. The molecule has 1 rings (SSSR count). The summed E-state index contributed by atoms with van der Waals surface area (Å²) in [5.74, 6) is -1.05. The molecule has 8 heteroatoms. The maximum Gasteiger partial charge on any atom is 0.253 e. The SMILES string of the molecule is O=CCOCCOCCNC(=O)CCN1C(=O)C=CC1=O. The lowest BCUT2D eigenvalue weighted by atomic mass is 10.3. The Labute approximate surface area is 122 Å². The molecule has 0 saturated heterocycles. The molecule has 116 valence electrons. The molecule has 1 N–H and O–H groups in total.